The van der Waals surface area contributed by atoms with Crippen molar-refractivity contribution in [3.05, 3.63) is 54.9 Å². The number of benzene rings is 1. The summed E-state index contributed by atoms with van der Waals surface area (Å²) in [4.78, 5) is 58.7. The molecule has 0 atom stereocenters. The standard InChI is InChI=1S/C20H19N3O10S/c1-30-18(25)15-11(16(19(26)31-2)34-17(15)21)9-32-14(24)4-3-7-22-12-6-5-10(23(28)29)8-13(12)33-20(22)27/h5-6,8H,3-4,7,9,21H2,1-2H3. The number of carbonyl (C=O) groups is 3. The molecule has 0 saturated carbocycles. The molecule has 2 aromatic heterocycles. The Bertz CT molecular complexity index is 1340. The Labute approximate surface area is 194 Å². The molecule has 2 heterocycles. The quantitative estimate of drug-likeness (QED) is 0.199. The van der Waals surface area contributed by atoms with E-state index >= 15 is 0 Å². The number of anilines is 1. The van der Waals surface area contributed by atoms with E-state index in [9.17, 15) is 29.3 Å². The maximum absolute atomic E-state index is 12.3. The molecule has 34 heavy (non-hydrogen) atoms. The molecule has 0 amide bonds. The Morgan fingerprint density at radius 3 is 2.56 bits per heavy atom. The van der Waals surface area contributed by atoms with Crippen LogP contribution in [0.5, 0.6) is 0 Å². The Morgan fingerprint density at radius 1 is 1.21 bits per heavy atom. The van der Waals surface area contributed by atoms with Crippen LogP contribution in [-0.4, -0.2) is 41.6 Å². The van der Waals surface area contributed by atoms with Crippen molar-refractivity contribution in [3.8, 4) is 0 Å². The van der Waals surface area contributed by atoms with Gasteiger partial charge < -0.3 is 24.4 Å². The van der Waals surface area contributed by atoms with Gasteiger partial charge in [0.15, 0.2) is 5.58 Å². The Hall–Kier alpha value is -4.20. The number of nitrogens with zero attached hydrogens (tertiary/aromatic N) is 2. The molecule has 180 valence electrons. The lowest BCUT2D eigenvalue weighted by molar-refractivity contribution is -0.384. The molecule has 0 aliphatic carbocycles. The number of nitrogen functional groups attached to an aromatic ring is 1. The van der Waals surface area contributed by atoms with Crippen molar-refractivity contribution in [3.63, 3.8) is 0 Å². The number of non-ortho nitro benzene ring substituents is 1. The summed E-state index contributed by atoms with van der Waals surface area (Å²) < 4.78 is 20.8. The van der Waals surface area contributed by atoms with Crippen LogP contribution in [0.2, 0.25) is 0 Å². The SMILES string of the molecule is COC(=O)c1sc(N)c(C(=O)OC)c1COC(=O)CCCn1c(=O)oc2cc([N+](=O)[O-])ccc21. The normalized spacial score (nSPS) is 10.8. The molecule has 0 radical (unpaired) electrons. The predicted octanol–water partition coefficient (Wildman–Crippen LogP) is 2.24. The topological polar surface area (TPSA) is 183 Å². The van der Waals surface area contributed by atoms with Crippen LogP contribution in [0.3, 0.4) is 0 Å². The van der Waals surface area contributed by atoms with Gasteiger partial charge in [0, 0.05) is 24.6 Å². The fraction of sp³-hybridized carbons (Fsp3) is 0.300. The number of rotatable bonds is 9. The number of esters is 3. The summed E-state index contributed by atoms with van der Waals surface area (Å²) in [5.74, 6) is -2.92. The first-order valence-electron chi connectivity index (χ1n) is 9.69. The minimum absolute atomic E-state index is 0.0127. The molecule has 0 spiro atoms. The predicted molar refractivity (Wildman–Crippen MR) is 118 cm³/mol. The van der Waals surface area contributed by atoms with Gasteiger partial charge in [0.1, 0.15) is 22.0 Å². The van der Waals surface area contributed by atoms with Crippen LogP contribution in [0.4, 0.5) is 10.7 Å². The van der Waals surface area contributed by atoms with Crippen molar-refractivity contribution in [2.45, 2.75) is 26.0 Å². The van der Waals surface area contributed by atoms with E-state index in [0.29, 0.717) is 5.52 Å². The first-order chi connectivity index (χ1) is 16.2. The van der Waals surface area contributed by atoms with E-state index in [1.165, 1.54) is 16.7 Å². The third-order valence-electron chi connectivity index (χ3n) is 4.80. The van der Waals surface area contributed by atoms with Gasteiger partial charge in [-0.1, -0.05) is 0 Å². The first kappa shape index (κ1) is 24.4. The van der Waals surface area contributed by atoms with Crippen molar-refractivity contribution >= 4 is 51.0 Å². The average Bonchev–Trinajstić information content (AvgIpc) is 3.31. The van der Waals surface area contributed by atoms with Gasteiger partial charge in [-0.05, 0) is 12.5 Å². The number of aryl methyl sites for hydroxylation is 1. The van der Waals surface area contributed by atoms with Crippen molar-refractivity contribution < 1.29 is 37.9 Å². The minimum atomic E-state index is -0.790. The summed E-state index contributed by atoms with van der Waals surface area (Å²) in [7, 11) is 2.30. The fourth-order valence-corrected chi connectivity index (χ4v) is 4.17. The highest BCUT2D eigenvalue weighted by Crippen LogP contribution is 2.33. The number of hydrogen-bond donors (Lipinski definition) is 1. The van der Waals surface area contributed by atoms with Crippen LogP contribution in [0.1, 0.15) is 38.4 Å². The monoisotopic (exact) mass is 493 g/mol. The number of nitro benzene ring substituents is 1. The summed E-state index contributed by atoms with van der Waals surface area (Å²) in [6, 6.07) is 3.78. The van der Waals surface area contributed by atoms with Crippen LogP contribution >= 0.6 is 11.3 Å². The van der Waals surface area contributed by atoms with Gasteiger partial charge >= 0.3 is 23.7 Å². The van der Waals surface area contributed by atoms with Gasteiger partial charge in [-0.15, -0.1) is 11.3 Å². The van der Waals surface area contributed by atoms with E-state index < -0.39 is 35.2 Å². The van der Waals surface area contributed by atoms with Gasteiger partial charge in [-0.2, -0.15) is 0 Å². The lowest BCUT2D eigenvalue weighted by Crippen LogP contribution is -2.16. The molecule has 1 aromatic carbocycles. The zero-order valence-corrected chi connectivity index (χ0v) is 18.8. The van der Waals surface area contributed by atoms with Crippen LogP contribution in [-0.2, 0) is 32.2 Å². The number of aromatic nitrogens is 1. The van der Waals surface area contributed by atoms with Crippen LogP contribution in [0, 0.1) is 10.1 Å². The number of hydrogen-bond acceptors (Lipinski definition) is 12. The molecule has 0 unspecified atom stereocenters. The summed E-state index contributed by atoms with van der Waals surface area (Å²) in [5, 5.41) is 10.9. The largest absolute Gasteiger partial charge is 0.465 e. The minimum Gasteiger partial charge on any atom is -0.465 e. The zero-order valence-electron chi connectivity index (χ0n) is 18.0. The smallest absolute Gasteiger partial charge is 0.419 e. The second kappa shape index (κ2) is 10.2. The number of ether oxygens (including phenoxy) is 3. The van der Waals surface area contributed by atoms with Crippen LogP contribution in [0.25, 0.3) is 11.1 Å². The highest BCUT2D eigenvalue weighted by Gasteiger charge is 2.28. The lowest BCUT2D eigenvalue weighted by Gasteiger charge is -2.08. The van der Waals surface area contributed by atoms with Gasteiger partial charge in [0.25, 0.3) is 5.69 Å². The molecule has 13 nitrogen and oxygen atoms in total. The molecule has 0 aliphatic heterocycles. The third-order valence-corrected chi connectivity index (χ3v) is 5.84. The number of oxazole rings is 1. The average molecular weight is 493 g/mol. The number of nitro groups is 1. The van der Waals surface area contributed by atoms with E-state index in [-0.39, 0.29) is 51.7 Å². The van der Waals surface area contributed by atoms with Crippen molar-refractivity contribution in [2.75, 3.05) is 20.0 Å². The second-order valence-corrected chi connectivity index (χ2v) is 7.88. The van der Waals surface area contributed by atoms with Gasteiger partial charge in [0.05, 0.1) is 30.7 Å². The van der Waals surface area contributed by atoms with E-state index in [1.54, 1.807) is 0 Å². The highest BCUT2D eigenvalue weighted by molar-refractivity contribution is 7.18. The van der Waals surface area contributed by atoms with E-state index in [4.69, 9.17) is 14.9 Å². The maximum Gasteiger partial charge on any atom is 0.419 e. The highest BCUT2D eigenvalue weighted by atomic mass is 32.1. The van der Waals surface area contributed by atoms with E-state index in [0.717, 1.165) is 31.6 Å². The third kappa shape index (κ3) is 4.91. The molecular formula is C20H19N3O10S. The molecule has 0 bridgehead atoms. The molecule has 0 fully saturated rings. The number of carbonyl (C=O) groups excluding carboxylic acids is 3. The second-order valence-electron chi connectivity index (χ2n) is 6.83. The van der Waals surface area contributed by atoms with Crippen molar-refractivity contribution in [1.29, 1.82) is 0 Å². The molecule has 0 saturated heterocycles. The Balaban J connectivity index is 1.66. The number of methoxy groups -OCH3 is 2. The summed E-state index contributed by atoms with van der Waals surface area (Å²) >= 11 is 0.811. The number of thiophene rings is 1. The van der Waals surface area contributed by atoms with Crippen LogP contribution in [0.15, 0.2) is 27.4 Å². The molecule has 3 aromatic rings. The van der Waals surface area contributed by atoms with Crippen molar-refractivity contribution in [1.82, 2.24) is 4.57 Å². The molecule has 2 N–H and O–H groups in total. The molecule has 3 rings (SSSR count). The zero-order chi connectivity index (χ0) is 25.0. The molecule has 14 heteroatoms. The fourth-order valence-electron chi connectivity index (χ4n) is 3.19. The Kier molecular flexibility index (Phi) is 7.31. The first-order valence-corrected chi connectivity index (χ1v) is 10.5. The van der Waals surface area contributed by atoms with Gasteiger partial charge in [0.2, 0.25) is 0 Å². The Morgan fingerprint density at radius 2 is 1.91 bits per heavy atom. The van der Waals surface area contributed by atoms with E-state index in [2.05, 4.69) is 9.47 Å². The van der Waals surface area contributed by atoms with Crippen LogP contribution < -0.4 is 11.5 Å². The molecular weight excluding hydrogens is 474 g/mol. The van der Waals surface area contributed by atoms with Gasteiger partial charge in [-0.3, -0.25) is 19.5 Å². The number of nitrogens with two attached hydrogens (primary N) is 1. The van der Waals surface area contributed by atoms with E-state index in [1.807, 2.05) is 0 Å². The molecule has 0 aliphatic rings. The summed E-state index contributed by atoms with van der Waals surface area (Å²) in [6.07, 6.45) is 0.0800. The summed E-state index contributed by atoms with van der Waals surface area (Å²) in [6.45, 7) is -0.329. The number of fused-ring (bicyclic) bond motifs is 1. The summed E-state index contributed by atoms with van der Waals surface area (Å²) in [5.41, 5.74) is 6.02. The van der Waals surface area contributed by atoms with Crippen molar-refractivity contribution in [2.24, 2.45) is 0 Å². The lowest BCUT2D eigenvalue weighted by atomic mass is 10.1. The van der Waals surface area contributed by atoms with Gasteiger partial charge in [-0.25, -0.2) is 14.4 Å². The maximum atomic E-state index is 12.3.